The van der Waals surface area contributed by atoms with Gasteiger partial charge in [0.05, 0.1) is 6.67 Å². The van der Waals surface area contributed by atoms with Crippen molar-refractivity contribution in [3.63, 3.8) is 0 Å². The normalized spacial score (nSPS) is 14.2. The molecule has 2 nitrogen and oxygen atoms in total. The zero-order chi connectivity index (χ0) is 23.9. The van der Waals surface area contributed by atoms with Crippen LogP contribution < -0.4 is 5.32 Å². The van der Waals surface area contributed by atoms with E-state index in [4.69, 9.17) is 0 Å². The van der Waals surface area contributed by atoms with Gasteiger partial charge in [0.1, 0.15) is 0 Å². The van der Waals surface area contributed by atoms with Gasteiger partial charge in [-0.3, -0.25) is 9.37 Å². The molecule has 0 radical (unpaired) electrons. The lowest BCUT2D eigenvalue weighted by Gasteiger charge is -2.24. The molecule has 0 aliphatic heterocycles. The van der Waals surface area contributed by atoms with Crippen molar-refractivity contribution in [3.05, 3.63) is 83.7 Å². The van der Waals surface area contributed by atoms with Gasteiger partial charge in [-0.25, -0.2) is 0 Å². The van der Waals surface area contributed by atoms with Crippen LogP contribution in [-0.2, 0) is 6.42 Å². The fourth-order valence-electron chi connectivity index (χ4n) is 3.26. The quantitative estimate of drug-likeness (QED) is 0.377. The second-order valence-corrected chi connectivity index (χ2v) is 8.34. The van der Waals surface area contributed by atoms with E-state index >= 15 is 0 Å². The molecular formula is C29H43FN2. The first-order valence-electron chi connectivity index (χ1n) is 12.1. The Morgan fingerprint density at radius 3 is 2.28 bits per heavy atom. The molecule has 1 fully saturated rings. The highest BCUT2D eigenvalue weighted by molar-refractivity contribution is 5.52. The van der Waals surface area contributed by atoms with Crippen LogP contribution in [0.1, 0.15) is 93.4 Å². The summed E-state index contributed by atoms with van der Waals surface area (Å²) >= 11 is 0. The Bertz CT molecular complexity index is 793. The van der Waals surface area contributed by atoms with Crippen LogP contribution in [0, 0.1) is 12.8 Å². The average molecular weight is 439 g/mol. The summed E-state index contributed by atoms with van der Waals surface area (Å²) in [6, 6.07) is 10.9. The number of aryl methyl sites for hydroxylation is 2. The largest absolute Gasteiger partial charge is 0.303 e. The summed E-state index contributed by atoms with van der Waals surface area (Å²) in [5.74, 6) is 1.08. The van der Waals surface area contributed by atoms with Crippen LogP contribution in [0.4, 0.5) is 4.39 Å². The van der Waals surface area contributed by atoms with E-state index in [-0.39, 0.29) is 18.8 Å². The first kappa shape index (κ1) is 27.8. The second kappa shape index (κ2) is 15.5. The third kappa shape index (κ3) is 9.91. The molecule has 176 valence electrons. The molecular weight excluding hydrogens is 395 g/mol. The third-order valence-electron chi connectivity index (χ3n) is 5.55. The van der Waals surface area contributed by atoms with Crippen molar-refractivity contribution < 1.29 is 4.39 Å². The molecule has 0 bridgehead atoms. The van der Waals surface area contributed by atoms with Crippen molar-refractivity contribution in [1.82, 2.24) is 10.3 Å². The number of halogens is 1. The molecule has 1 N–H and O–H groups in total. The Morgan fingerprint density at radius 2 is 1.81 bits per heavy atom. The van der Waals surface area contributed by atoms with Crippen LogP contribution in [-0.4, -0.2) is 11.7 Å². The van der Waals surface area contributed by atoms with Crippen molar-refractivity contribution >= 4 is 6.08 Å². The number of hydrogen-bond donors (Lipinski definition) is 1. The van der Waals surface area contributed by atoms with Gasteiger partial charge in [-0.1, -0.05) is 76.6 Å². The molecule has 1 aromatic heterocycles. The highest BCUT2D eigenvalue weighted by Crippen LogP contribution is 2.27. The van der Waals surface area contributed by atoms with Gasteiger partial charge in [-0.2, -0.15) is 0 Å². The number of hydrogen-bond acceptors (Lipinski definition) is 2. The van der Waals surface area contributed by atoms with Crippen LogP contribution in [0.25, 0.3) is 6.08 Å². The predicted molar refractivity (Wildman–Crippen MR) is 139 cm³/mol. The summed E-state index contributed by atoms with van der Waals surface area (Å²) in [6.45, 7) is 18.0. The van der Waals surface area contributed by atoms with Crippen molar-refractivity contribution in [2.24, 2.45) is 5.92 Å². The zero-order valence-corrected chi connectivity index (χ0v) is 20.8. The molecule has 0 saturated heterocycles. The summed E-state index contributed by atoms with van der Waals surface area (Å²) in [5.41, 5.74) is 5.69. The van der Waals surface area contributed by atoms with Gasteiger partial charge in [0.25, 0.3) is 0 Å². The molecule has 2 atom stereocenters. The molecule has 2 aromatic rings. The topological polar surface area (TPSA) is 24.9 Å². The number of rotatable bonds is 10. The molecule has 1 saturated carbocycles. The standard InChI is InChI=1S/C23H29FN2.C4H8.C2H6/c1-5-8-23(20-11-10-19(6-2)17(3)15-20)26-18(4)21-12-13-22(25-16-21)9-7-14-24;1-4-2-3-4;1-2/h5-6,10-13,15-16,18,23,26H,1-2,7-9,14H2,3-4H3;4H,2-3H2,1H3;1-2H3. The highest BCUT2D eigenvalue weighted by atomic mass is 19.1. The first-order valence-corrected chi connectivity index (χ1v) is 12.1. The minimum Gasteiger partial charge on any atom is -0.303 e. The zero-order valence-electron chi connectivity index (χ0n) is 20.8. The van der Waals surface area contributed by atoms with E-state index in [2.05, 4.69) is 68.5 Å². The second-order valence-electron chi connectivity index (χ2n) is 8.34. The molecule has 1 aliphatic rings. The van der Waals surface area contributed by atoms with Gasteiger partial charge in [0, 0.05) is 24.0 Å². The predicted octanol–water partition coefficient (Wildman–Crippen LogP) is 8.35. The van der Waals surface area contributed by atoms with Gasteiger partial charge >= 0.3 is 0 Å². The van der Waals surface area contributed by atoms with Crippen molar-refractivity contribution in [1.29, 1.82) is 0 Å². The molecule has 3 rings (SSSR count). The molecule has 3 heteroatoms. The molecule has 32 heavy (non-hydrogen) atoms. The van der Waals surface area contributed by atoms with Gasteiger partial charge in [-0.05, 0) is 67.3 Å². The van der Waals surface area contributed by atoms with Gasteiger partial charge < -0.3 is 5.32 Å². The number of alkyl halides is 1. The van der Waals surface area contributed by atoms with E-state index in [0.29, 0.717) is 12.8 Å². The number of nitrogens with one attached hydrogen (secondary N) is 1. The van der Waals surface area contributed by atoms with Gasteiger partial charge in [0.2, 0.25) is 0 Å². The van der Waals surface area contributed by atoms with Gasteiger partial charge in [0.15, 0.2) is 0 Å². The SMILES string of the molecule is C=CCC(NC(C)c1ccc(CCCF)nc1)c1ccc(C=C)c(C)c1.CC.CC1CC1. The fourth-order valence-corrected chi connectivity index (χ4v) is 3.26. The minimum absolute atomic E-state index is 0.155. The Balaban J connectivity index is 0.000000748. The number of pyridine rings is 1. The molecule has 2 unspecified atom stereocenters. The number of benzene rings is 1. The Labute approximate surface area is 196 Å². The molecule has 1 heterocycles. The van der Waals surface area contributed by atoms with Crippen molar-refractivity contribution in [2.75, 3.05) is 6.67 Å². The average Bonchev–Trinajstić information content (AvgIpc) is 3.61. The maximum absolute atomic E-state index is 12.3. The minimum atomic E-state index is -0.297. The summed E-state index contributed by atoms with van der Waals surface area (Å²) in [6.07, 6.45) is 10.8. The Morgan fingerprint density at radius 1 is 1.16 bits per heavy atom. The van der Waals surface area contributed by atoms with Crippen LogP contribution in [0.2, 0.25) is 0 Å². The van der Waals surface area contributed by atoms with Crippen molar-refractivity contribution in [2.45, 2.75) is 78.8 Å². The molecule has 1 aromatic carbocycles. The van der Waals surface area contributed by atoms with Crippen LogP contribution >= 0.6 is 0 Å². The molecule has 1 aliphatic carbocycles. The Kier molecular flexibility index (Phi) is 13.5. The Hall–Kier alpha value is -2.26. The van der Waals surface area contributed by atoms with Crippen LogP contribution in [0.3, 0.4) is 0 Å². The van der Waals surface area contributed by atoms with E-state index in [1.807, 2.05) is 38.3 Å². The lowest BCUT2D eigenvalue weighted by Crippen LogP contribution is -2.24. The van der Waals surface area contributed by atoms with E-state index in [1.165, 1.54) is 24.0 Å². The van der Waals surface area contributed by atoms with Gasteiger partial charge in [-0.15, -0.1) is 6.58 Å². The lowest BCUT2D eigenvalue weighted by atomic mass is 9.97. The van der Waals surface area contributed by atoms with Crippen LogP contribution in [0.15, 0.2) is 55.8 Å². The van der Waals surface area contributed by atoms with E-state index in [1.54, 1.807) is 0 Å². The summed E-state index contributed by atoms with van der Waals surface area (Å²) < 4.78 is 12.3. The molecule has 0 spiro atoms. The van der Waals surface area contributed by atoms with Crippen molar-refractivity contribution in [3.8, 4) is 0 Å². The maximum atomic E-state index is 12.3. The van der Waals surface area contributed by atoms with E-state index in [0.717, 1.165) is 29.2 Å². The lowest BCUT2D eigenvalue weighted by molar-refractivity contribution is 0.466. The summed E-state index contributed by atoms with van der Waals surface area (Å²) in [5, 5.41) is 3.68. The maximum Gasteiger partial charge on any atom is 0.0898 e. The third-order valence-corrected chi connectivity index (χ3v) is 5.55. The monoisotopic (exact) mass is 438 g/mol. The van der Waals surface area contributed by atoms with E-state index in [9.17, 15) is 4.39 Å². The summed E-state index contributed by atoms with van der Waals surface area (Å²) in [4.78, 5) is 4.46. The number of nitrogens with zero attached hydrogens (tertiary/aromatic N) is 1. The fraction of sp³-hybridized carbons (Fsp3) is 0.483. The smallest absolute Gasteiger partial charge is 0.0898 e. The molecule has 0 amide bonds. The van der Waals surface area contributed by atoms with E-state index < -0.39 is 0 Å². The highest BCUT2D eigenvalue weighted by Gasteiger charge is 2.15. The summed E-state index contributed by atoms with van der Waals surface area (Å²) in [7, 11) is 0. The van der Waals surface area contributed by atoms with Crippen LogP contribution in [0.5, 0.6) is 0 Å². The number of aromatic nitrogens is 1. The first-order chi connectivity index (χ1) is 15.5.